The molecule has 0 atom stereocenters. The molecule has 0 saturated heterocycles. The van der Waals surface area contributed by atoms with Gasteiger partial charge in [0, 0.05) is 6.54 Å². The van der Waals surface area contributed by atoms with E-state index < -0.39 is 10.0 Å². The quantitative estimate of drug-likeness (QED) is 0.887. The number of hydrogen-bond acceptors (Lipinski definition) is 3. The van der Waals surface area contributed by atoms with Gasteiger partial charge in [0.15, 0.2) is 0 Å². The smallest absolute Gasteiger partial charge is 0.240 e. The van der Waals surface area contributed by atoms with Crippen LogP contribution in [0.1, 0.15) is 27.2 Å². The molecule has 1 rings (SSSR count). The molecule has 0 saturated carbocycles. The van der Waals surface area contributed by atoms with E-state index in [-0.39, 0.29) is 10.3 Å². The lowest BCUT2D eigenvalue weighted by Crippen LogP contribution is -2.27. The van der Waals surface area contributed by atoms with Crippen LogP contribution in [0.25, 0.3) is 0 Å². The fourth-order valence-corrected chi connectivity index (χ4v) is 3.21. The number of methoxy groups -OCH3 is 1. The fourth-order valence-electron chi connectivity index (χ4n) is 1.46. The Balaban J connectivity index is 2.80. The lowest BCUT2D eigenvalue weighted by atomic mass is 9.93. The fraction of sp³-hybridized carbons (Fsp3) is 0.538. The highest BCUT2D eigenvalue weighted by atomic mass is 79.9. The van der Waals surface area contributed by atoms with Crippen LogP contribution in [-0.2, 0) is 10.0 Å². The topological polar surface area (TPSA) is 55.4 Å². The van der Waals surface area contributed by atoms with Gasteiger partial charge in [-0.1, -0.05) is 20.8 Å². The summed E-state index contributed by atoms with van der Waals surface area (Å²) in [4.78, 5) is 0.231. The normalized spacial score (nSPS) is 12.5. The zero-order valence-corrected chi connectivity index (χ0v) is 14.1. The van der Waals surface area contributed by atoms with E-state index in [1.165, 1.54) is 19.2 Å². The number of nitrogens with one attached hydrogen (secondary N) is 1. The van der Waals surface area contributed by atoms with Crippen LogP contribution in [-0.4, -0.2) is 22.1 Å². The number of hydrogen-bond donors (Lipinski definition) is 1. The highest BCUT2D eigenvalue weighted by Gasteiger charge is 2.17. The summed E-state index contributed by atoms with van der Waals surface area (Å²) in [6.45, 7) is 6.65. The second kappa shape index (κ2) is 6.24. The van der Waals surface area contributed by atoms with Crippen molar-refractivity contribution in [2.24, 2.45) is 5.41 Å². The first-order valence-corrected chi connectivity index (χ1v) is 8.26. The third kappa shape index (κ3) is 5.12. The van der Waals surface area contributed by atoms with Crippen molar-refractivity contribution in [1.29, 1.82) is 0 Å². The number of halogens is 1. The summed E-state index contributed by atoms with van der Waals surface area (Å²) < 4.78 is 32.5. The maximum atomic E-state index is 12.1. The molecule has 0 unspecified atom stereocenters. The number of ether oxygens (including phenoxy) is 1. The zero-order chi connectivity index (χ0) is 14.7. The SMILES string of the molecule is COc1ccc(S(=O)(=O)NCCC(C)(C)C)cc1Br. The first-order valence-electron chi connectivity index (χ1n) is 5.99. The standard InChI is InChI=1S/C13H20BrNO3S/c1-13(2,3)7-8-15-19(16,17)10-5-6-12(18-4)11(14)9-10/h5-6,9,15H,7-8H2,1-4H3. The first-order chi connectivity index (χ1) is 8.65. The van der Waals surface area contributed by atoms with Crippen molar-refractivity contribution in [3.8, 4) is 5.75 Å². The Morgan fingerprint density at radius 2 is 1.95 bits per heavy atom. The van der Waals surface area contributed by atoms with Crippen molar-refractivity contribution in [2.45, 2.75) is 32.1 Å². The predicted molar refractivity (Wildman–Crippen MR) is 80.0 cm³/mol. The van der Waals surface area contributed by atoms with Gasteiger partial charge in [-0.3, -0.25) is 0 Å². The molecule has 1 N–H and O–H groups in total. The minimum Gasteiger partial charge on any atom is -0.496 e. The van der Waals surface area contributed by atoms with E-state index >= 15 is 0 Å². The van der Waals surface area contributed by atoms with E-state index in [2.05, 4.69) is 41.4 Å². The summed E-state index contributed by atoms with van der Waals surface area (Å²) >= 11 is 3.28. The number of benzene rings is 1. The summed E-state index contributed by atoms with van der Waals surface area (Å²) in [6.07, 6.45) is 0.781. The van der Waals surface area contributed by atoms with Crippen molar-refractivity contribution in [1.82, 2.24) is 4.72 Å². The molecular weight excluding hydrogens is 330 g/mol. The van der Waals surface area contributed by atoms with Gasteiger partial charge in [-0.15, -0.1) is 0 Å². The van der Waals surface area contributed by atoms with Gasteiger partial charge >= 0.3 is 0 Å². The van der Waals surface area contributed by atoms with Crippen LogP contribution in [0.5, 0.6) is 5.75 Å². The molecule has 0 bridgehead atoms. The number of rotatable bonds is 5. The van der Waals surface area contributed by atoms with Gasteiger partial charge in [-0.25, -0.2) is 13.1 Å². The van der Waals surface area contributed by atoms with Crippen LogP contribution < -0.4 is 9.46 Å². The van der Waals surface area contributed by atoms with Crippen molar-refractivity contribution >= 4 is 26.0 Å². The molecule has 1 aromatic rings. The lowest BCUT2D eigenvalue weighted by Gasteiger charge is -2.18. The molecule has 0 spiro atoms. The average molecular weight is 350 g/mol. The van der Waals surface area contributed by atoms with Crippen molar-refractivity contribution in [3.63, 3.8) is 0 Å². The Bertz CT molecular complexity index is 535. The summed E-state index contributed by atoms with van der Waals surface area (Å²) in [5, 5.41) is 0. The maximum absolute atomic E-state index is 12.1. The first kappa shape index (κ1) is 16.5. The van der Waals surface area contributed by atoms with E-state index in [0.717, 1.165) is 6.42 Å². The molecule has 0 amide bonds. The molecule has 108 valence electrons. The van der Waals surface area contributed by atoms with Crippen LogP contribution >= 0.6 is 15.9 Å². The number of sulfonamides is 1. The largest absolute Gasteiger partial charge is 0.496 e. The molecule has 0 aromatic heterocycles. The molecular formula is C13H20BrNO3S. The molecule has 1 aromatic carbocycles. The van der Waals surface area contributed by atoms with Crippen LogP contribution in [0.2, 0.25) is 0 Å². The second-order valence-corrected chi connectivity index (χ2v) is 8.13. The predicted octanol–water partition coefficient (Wildman–Crippen LogP) is 3.17. The van der Waals surface area contributed by atoms with E-state index in [0.29, 0.717) is 16.8 Å². The van der Waals surface area contributed by atoms with Crippen LogP contribution in [0, 0.1) is 5.41 Å². The monoisotopic (exact) mass is 349 g/mol. The zero-order valence-electron chi connectivity index (χ0n) is 11.7. The third-order valence-corrected chi connectivity index (χ3v) is 4.68. The van der Waals surface area contributed by atoms with Gasteiger partial charge in [0.25, 0.3) is 0 Å². The van der Waals surface area contributed by atoms with Crippen LogP contribution in [0.4, 0.5) is 0 Å². The van der Waals surface area contributed by atoms with Gasteiger partial charge in [0.1, 0.15) is 5.75 Å². The van der Waals surface area contributed by atoms with E-state index in [9.17, 15) is 8.42 Å². The molecule has 0 fully saturated rings. The van der Waals surface area contributed by atoms with Gasteiger partial charge in [0.05, 0.1) is 16.5 Å². The van der Waals surface area contributed by atoms with Crippen molar-refractivity contribution in [2.75, 3.05) is 13.7 Å². The molecule has 0 radical (unpaired) electrons. The second-order valence-electron chi connectivity index (χ2n) is 5.50. The van der Waals surface area contributed by atoms with E-state index in [1.807, 2.05) is 0 Å². The molecule has 0 heterocycles. The minimum atomic E-state index is -3.47. The molecule has 0 aliphatic heterocycles. The van der Waals surface area contributed by atoms with Crippen molar-refractivity contribution in [3.05, 3.63) is 22.7 Å². The Labute approximate surface area is 123 Å². The highest BCUT2D eigenvalue weighted by molar-refractivity contribution is 9.10. The van der Waals surface area contributed by atoms with Crippen molar-refractivity contribution < 1.29 is 13.2 Å². The Hall–Kier alpha value is -0.590. The third-order valence-electron chi connectivity index (χ3n) is 2.60. The summed E-state index contributed by atoms with van der Waals surface area (Å²) in [5.41, 5.74) is 0.100. The summed E-state index contributed by atoms with van der Waals surface area (Å²) in [5.74, 6) is 0.605. The van der Waals surface area contributed by atoms with E-state index in [4.69, 9.17) is 4.74 Å². The summed E-state index contributed by atoms with van der Waals surface area (Å²) in [7, 11) is -1.93. The maximum Gasteiger partial charge on any atom is 0.240 e. The molecule has 0 aliphatic rings. The molecule has 6 heteroatoms. The average Bonchev–Trinajstić information content (AvgIpc) is 2.26. The van der Waals surface area contributed by atoms with E-state index in [1.54, 1.807) is 6.07 Å². The Kier molecular flexibility index (Phi) is 5.41. The van der Waals surface area contributed by atoms with Gasteiger partial charge < -0.3 is 4.74 Å². The Morgan fingerprint density at radius 3 is 2.42 bits per heavy atom. The lowest BCUT2D eigenvalue weighted by molar-refractivity contribution is 0.378. The van der Waals surface area contributed by atoms with Gasteiger partial charge in [-0.05, 0) is 46.0 Å². The van der Waals surface area contributed by atoms with Gasteiger partial charge in [0.2, 0.25) is 10.0 Å². The highest BCUT2D eigenvalue weighted by Crippen LogP contribution is 2.27. The molecule has 0 aliphatic carbocycles. The Morgan fingerprint density at radius 1 is 1.32 bits per heavy atom. The molecule has 4 nitrogen and oxygen atoms in total. The van der Waals surface area contributed by atoms with Crippen LogP contribution in [0.15, 0.2) is 27.6 Å². The minimum absolute atomic E-state index is 0.100. The van der Waals surface area contributed by atoms with Gasteiger partial charge in [-0.2, -0.15) is 0 Å². The summed E-state index contributed by atoms with van der Waals surface area (Å²) in [6, 6.07) is 4.70. The van der Waals surface area contributed by atoms with Crippen LogP contribution in [0.3, 0.4) is 0 Å². The molecule has 19 heavy (non-hydrogen) atoms.